The molecule has 11 heteroatoms. The minimum Gasteiger partial charge on any atom is -0.460 e. The first-order valence-corrected chi connectivity index (χ1v) is 9.39. The Morgan fingerprint density at radius 2 is 1.42 bits per heavy atom. The second-order valence-corrected chi connectivity index (χ2v) is 16.5. The van der Waals surface area contributed by atoms with E-state index in [1.807, 2.05) is 0 Å². The predicted molar refractivity (Wildman–Crippen MR) is 92.7 cm³/mol. The minimum absolute atomic E-state index is 0.0905. The quantitative estimate of drug-likeness (QED) is 0.344. The Kier molecular flexibility index (Phi) is 6.86. The fraction of sp³-hybridized carbons (Fsp3) is 0.500. The molecule has 0 aliphatic heterocycles. The number of hydrogen-bond acceptors (Lipinski definition) is 5. The van der Waals surface area contributed by atoms with E-state index >= 15 is 0 Å². The second kappa shape index (κ2) is 7.08. The molecule has 1 rings (SSSR count). The maximum atomic E-state index is 11.7. The Labute approximate surface area is 159 Å². The first kappa shape index (κ1) is 18.4. The average Bonchev–Trinajstić information content (AvgIpc) is 2.26. The SMILES string of the molecule is CCOC(=O)c1nc(C(Br)(Br)Br)nc(C(Br)(Br)Br)n1. The summed E-state index contributed by atoms with van der Waals surface area (Å²) in [6, 6.07) is 0. The molecular weight excluding hydrogens is 650 g/mol. The highest BCUT2D eigenvalue weighted by molar-refractivity contribution is 9.39. The smallest absolute Gasteiger partial charge is 0.376 e. The van der Waals surface area contributed by atoms with Crippen molar-refractivity contribution in [2.75, 3.05) is 6.61 Å². The molecule has 106 valence electrons. The van der Waals surface area contributed by atoms with E-state index in [9.17, 15) is 4.79 Å². The maximum Gasteiger partial charge on any atom is 0.376 e. The molecule has 1 aromatic heterocycles. The summed E-state index contributed by atoms with van der Waals surface area (Å²) in [5, 5.41) is 0. The van der Waals surface area contributed by atoms with Crippen molar-refractivity contribution in [2.45, 2.75) is 11.2 Å². The molecule has 0 aliphatic carbocycles. The number of hydrogen-bond donors (Lipinski definition) is 0. The third-order valence-corrected chi connectivity index (χ3v) is 3.73. The van der Waals surface area contributed by atoms with Crippen molar-refractivity contribution >= 4 is 102 Å². The van der Waals surface area contributed by atoms with Crippen molar-refractivity contribution in [3.05, 3.63) is 17.5 Å². The molecule has 0 atom stereocenters. The molecule has 0 N–H and O–H groups in total. The minimum atomic E-state index is -0.871. The first-order chi connectivity index (χ1) is 8.55. The third-order valence-electron chi connectivity index (χ3n) is 1.60. The zero-order valence-corrected chi connectivity index (χ0v) is 18.6. The monoisotopic (exact) mass is 649 g/mol. The van der Waals surface area contributed by atoms with Gasteiger partial charge in [-0.3, -0.25) is 0 Å². The highest BCUT2D eigenvalue weighted by atomic mass is 80.0. The highest BCUT2D eigenvalue weighted by Gasteiger charge is 2.33. The van der Waals surface area contributed by atoms with Crippen molar-refractivity contribution < 1.29 is 9.53 Å². The molecule has 0 aliphatic rings. The third kappa shape index (κ3) is 5.57. The van der Waals surface area contributed by atoms with Crippen molar-refractivity contribution in [3.63, 3.8) is 0 Å². The van der Waals surface area contributed by atoms with E-state index in [2.05, 4.69) is 111 Å². The van der Waals surface area contributed by atoms with Gasteiger partial charge in [0.15, 0.2) is 15.9 Å². The van der Waals surface area contributed by atoms with Crippen LogP contribution in [-0.2, 0) is 9.02 Å². The van der Waals surface area contributed by atoms with E-state index in [4.69, 9.17) is 4.74 Å². The molecule has 0 spiro atoms. The van der Waals surface area contributed by atoms with Gasteiger partial charge in [0.2, 0.25) is 5.82 Å². The standard InChI is InChI=1S/C8H5Br6N3O2/c1-2-19-4(18)3-15-5(7(9,10)11)17-6(16-3)8(12,13)14/h2H2,1H3. The lowest BCUT2D eigenvalue weighted by Crippen LogP contribution is -2.20. The zero-order valence-electron chi connectivity index (χ0n) is 9.13. The van der Waals surface area contributed by atoms with Crippen LogP contribution >= 0.6 is 95.6 Å². The lowest BCUT2D eigenvalue weighted by Gasteiger charge is -2.16. The van der Waals surface area contributed by atoms with Crippen molar-refractivity contribution in [1.82, 2.24) is 15.0 Å². The summed E-state index contributed by atoms with van der Waals surface area (Å²) < 4.78 is 3.14. The Hall–Kier alpha value is 1.36. The van der Waals surface area contributed by atoms with Gasteiger partial charge in [0.1, 0.15) is 0 Å². The predicted octanol–water partition coefficient (Wildman–Crippen LogP) is 4.64. The van der Waals surface area contributed by atoms with Gasteiger partial charge in [-0.25, -0.2) is 19.7 Å². The fourth-order valence-corrected chi connectivity index (χ4v) is 1.98. The Bertz CT molecular complexity index is 452. The largest absolute Gasteiger partial charge is 0.460 e. The molecule has 0 amide bonds. The van der Waals surface area contributed by atoms with Gasteiger partial charge in [0.25, 0.3) is 0 Å². The van der Waals surface area contributed by atoms with Crippen molar-refractivity contribution in [3.8, 4) is 0 Å². The van der Waals surface area contributed by atoms with Crippen LogP contribution in [0.1, 0.15) is 29.2 Å². The topological polar surface area (TPSA) is 65.0 Å². The molecule has 0 unspecified atom stereocenters. The number of alkyl halides is 6. The molecule has 0 radical (unpaired) electrons. The first-order valence-electron chi connectivity index (χ1n) is 4.63. The van der Waals surface area contributed by atoms with Crippen LogP contribution in [0.15, 0.2) is 0 Å². The van der Waals surface area contributed by atoms with Crippen LogP contribution in [0.2, 0.25) is 0 Å². The van der Waals surface area contributed by atoms with Crippen LogP contribution in [0, 0.1) is 0 Å². The van der Waals surface area contributed by atoms with E-state index in [1.54, 1.807) is 6.92 Å². The number of aromatic nitrogens is 3. The van der Waals surface area contributed by atoms with Gasteiger partial charge >= 0.3 is 5.97 Å². The van der Waals surface area contributed by atoms with Crippen molar-refractivity contribution in [1.29, 1.82) is 0 Å². The van der Waals surface area contributed by atoms with E-state index in [1.165, 1.54) is 0 Å². The lowest BCUT2D eigenvalue weighted by atomic mass is 10.5. The van der Waals surface area contributed by atoms with Gasteiger partial charge in [-0.1, -0.05) is 95.6 Å². The Morgan fingerprint density at radius 1 is 1.00 bits per heavy atom. The number of carbonyl (C=O) groups excluding carboxylic acids is 1. The van der Waals surface area contributed by atoms with Gasteiger partial charge in [-0.15, -0.1) is 0 Å². The summed E-state index contributed by atoms with van der Waals surface area (Å²) >= 11 is 19.8. The number of rotatable bonds is 2. The van der Waals surface area contributed by atoms with Crippen LogP contribution in [0.3, 0.4) is 0 Å². The molecule has 0 bridgehead atoms. The van der Waals surface area contributed by atoms with Gasteiger partial charge < -0.3 is 4.74 Å². The highest BCUT2D eigenvalue weighted by Crippen LogP contribution is 2.46. The van der Waals surface area contributed by atoms with E-state index in [-0.39, 0.29) is 24.1 Å². The fourth-order valence-electron chi connectivity index (χ4n) is 0.916. The summed E-state index contributed by atoms with van der Waals surface area (Å²) in [6.45, 7) is 1.94. The van der Waals surface area contributed by atoms with Gasteiger partial charge in [-0.2, -0.15) is 0 Å². The number of esters is 1. The number of halogens is 6. The van der Waals surface area contributed by atoms with Crippen LogP contribution < -0.4 is 0 Å². The van der Waals surface area contributed by atoms with Crippen LogP contribution in [0.25, 0.3) is 0 Å². The molecule has 1 aromatic rings. The molecule has 19 heavy (non-hydrogen) atoms. The zero-order chi connectivity index (χ0) is 14.8. The maximum absolute atomic E-state index is 11.7. The Morgan fingerprint density at radius 3 is 1.74 bits per heavy atom. The molecule has 0 aromatic carbocycles. The number of carbonyl (C=O) groups is 1. The van der Waals surface area contributed by atoms with E-state index in [0.29, 0.717) is 0 Å². The number of ether oxygens (including phenoxy) is 1. The molecular formula is C8H5Br6N3O2. The summed E-state index contributed by atoms with van der Waals surface area (Å²) in [5.41, 5.74) is 0. The summed E-state index contributed by atoms with van der Waals surface area (Å²) in [4.78, 5) is 24.0. The molecule has 5 nitrogen and oxygen atoms in total. The summed E-state index contributed by atoms with van der Waals surface area (Å²) in [6.07, 6.45) is 0. The summed E-state index contributed by atoms with van der Waals surface area (Å²) in [5.74, 6) is -0.181. The Balaban J connectivity index is 3.37. The molecule has 0 saturated carbocycles. The van der Waals surface area contributed by atoms with E-state index < -0.39 is 10.3 Å². The normalized spacial score (nSPS) is 12.4. The van der Waals surface area contributed by atoms with Crippen LogP contribution in [0.5, 0.6) is 0 Å². The number of nitrogens with zero attached hydrogens (tertiary/aromatic N) is 3. The molecule has 1 heterocycles. The van der Waals surface area contributed by atoms with Gasteiger partial charge in [-0.05, 0) is 6.92 Å². The summed E-state index contributed by atoms with van der Waals surface area (Å²) in [7, 11) is 0. The van der Waals surface area contributed by atoms with Gasteiger partial charge in [0.05, 0.1) is 6.61 Å². The van der Waals surface area contributed by atoms with Crippen molar-refractivity contribution in [2.24, 2.45) is 0 Å². The van der Waals surface area contributed by atoms with Crippen LogP contribution in [-0.4, -0.2) is 27.5 Å². The lowest BCUT2D eigenvalue weighted by molar-refractivity contribution is 0.0510. The second-order valence-electron chi connectivity index (χ2n) is 3.02. The molecule has 0 fully saturated rings. The van der Waals surface area contributed by atoms with Crippen LogP contribution in [0.4, 0.5) is 0 Å². The van der Waals surface area contributed by atoms with Gasteiger partial charge in [0, 0.05) is 0 Å². The van der Waals surface area contributed by atoms with E-state index in [0.717, 1.165) is 0 Å². The molecule has 0 saturated heterocycles. The average molecular weight is 655 g/mol.